The minimum absolute atomic E-state index is 0.0564. The molecule has 1 aromatic carbocycles. The van der Waals surface area contributed by atoms with Gasteiger partial charge in [-0.25, -0.2) is 23.4 Å². The van der Waals surface area contributed by atoms with E-state index in [9.17, 15) is 21.6 Å². The highest BCUT2D eigenvalue weighted by atomic mass is 35.5. The number of anilines is 2. The van der Waals surface area contributed by atoms with Crippen molar-refractivity contribution >= 4 is 33.4 Å². The predicted octanol–water partition coefficient (Wildman–Crippen LogP) is 3.90. The average molecular weight is 444 g/mol. The molecule has 0 aliphatic carbocycles. The first-order valence-corrected chi connectivity index (χ1v) is 9.80. The number of benzene rings is 1. The number of nitrogens with two attached hydrogens (primary N) is 1. The number of pyridine rings is 1. The maximum Gasteiger partial charge on any atom is 0.418 e. The van der Waals surface area contributed by atoms with E-state index in [2.05, 4.69) is 19.7 Å². The van der Waals surface area contributed by atoms with Crippen molar-refractivity contribution in [1.29, 1.82) is 0 Å². The molecule has 0 radical (unpaired) electrons. The fraction of sp³-hybridized carbons (Fsp3) is 0.118. The van der Waals surface area contributed by atoms with Crippen molar-refractivity contribution in [2.24, 2.45) is 0 Å². The lowest BCUT2D eigenvalue weighted by atomic mass is 10.0. The molecule has 0 amide bonds. The van der Waals surface area contributed by atoms with E-state index in [4.69, 9.17) is 17.3 Å². The van der Waals surface area contributed by atoms with Gasteiger partial charge in [0.25, 0.3) is 10.0 Å². The van der Waals surface area contributed by atoms with Crippen molar-refractivity contribution in [3.05, 3.63) is 59.0 Å². The number of hydrogen-bond acceptors (Lipinski definition) is 6. The molecule has 0 bridgehead atoms. The fourth-order valence-corrected chi connectivity index (χ4v) is 3.95. The lowest BCUT2D eigenvalue weighted by molar-refractivity contribution is -0.137. The van der Waals surface area contributed by atoms with Gasteiger partial charge in [0.2, 0.25) is 5.95 Å². The first-order chi connectivity index (χ1) is 13.5. The van der Waals surface area contributed by atoms with Crippen LogP contribution in [0.3, 0.4) is 0 Å². The van der Waals surface area contributed by atoms with Crippen LogP contribution < -0.4 is 10.5 Å². The Morgan fingerprint density at radius 2 is 1.76 bits per heavy atom. The minimum atomic E-state index is -4.81. The van der Waals surface area contributed by atoms with Crippen molar-refractivity contribution in [3.63, 3.8) is 0 Å². The van der Waals surface area contributed by atoms with E-state index in [0.29, 0.717) is 6.20 Å². The summed E-state index contributed by atoms with van der Waals surface area (Å²) in [4.78, 5) is 11.0. The quantitative estimate of drug-likeness (QED) is 0.632. The second-order valence-electron chi connectivity index (χ2n) is 5.85. The third-order valence-corrected chi connectivity index (χ3v) is 5.60. The van der Waals surface area contributed by atoms with Gasteiger partial charge in [-0.3, -0.25) is 4.72 Å². The highest BCUT2D eigenvalue weighted by Gasteiger charge is 2.37. The number of sulfonamides is 1. The molecule has 2 aromatic heterocycles. The molecule has 0 aliphatic heterocycles. The number of alkyl halides is 3. The monoisotopic (exact) mass is 443 g/mol. The van der Waals surface area contributed by atoms with Crippen LogP contribution in [-0.4, -0.2) is 23.4 Å². The number of nitrogens with zero attached hydrogens (tertiary/aromatic N) is 3. The summed E-state index contributed by atoms with van der Waals surface area (Å²) in [5.74, 6) is -0.593. The zero-order valence-electron chi connectivity index (χ0n) is 14.7. The van der Waals surface area contributed by atoms with E-state index in [0.717, 1.165) is 6.20 Å². The van der Waals surface area contributed by atoms with Gasteiger partial charge in [-0.15, -0.1) is 0 Å². The van der Waals surface area contributed by atoms with Gasteiger partial charge in [0.1, 0.15) is 0 Å². The molecule has 3 aromatic rings. The first kappa shape index (κ1) is 20.8. The molecule has 0 aliphatic rings. The van der Waals surface area contributed by atoms with Gasteiger partial charge in [0.05, 0.1) is 21.2 Å². The lowest BCUT2D eigenvalue weighted by Crippen LogP contribution is -2.16. The van der Waals surface area contributed by atoms with Crippen LogP contribution in [-0.2, 0) is 16.2 Å². The number of aromatic nitrogens is 3. The van der Waals surface area contributed by atoms with Crippen LogP contribution in [0.5, 0.6) is 0 Å². The molecule has 0 unspecified atom stereocenters. The molecule has 12 heteroatoms. The van der Waals surface area contributed by atoms with Gasteiger partial charge in [-0.1, -0.05) is 29.8 Å². The van der Waals surface area contributed by atoms with Crippen LogP contribution in [0.2, 0.25) is 5.02 Å². The molecule has 3 rings (SSSR count). The van der Waals surface area contributed by atoms with Crippen LogP contribution in [0.4, 0.5) is 24.9 Å². The molecule has 0 fully saturated rings. The lowest BCUT2D eigenvalue weighted by Gasteiger charge is -2.18. The normalized spacial score (nSPS) is 12.0. The second kappa shape index (κ2) is 7.48. The summed E-state index contributed by atoms with van der Waals surface area (Å²) in [6.45, 7) is 1.43. The number of nitrogen functional groups attached to an aromatic ring is 1. The molecule has 152 valence electrons. The maximum atomic E-state index is 13.6. The molecule has 29 heavy (non-hydrogen) atoms. The van der Waals surface area contributed by atoms with Crippen molar-refractivity contribution < 1.29 is 21.6 Å². The largest absolute Gasteiger partial charge is 0.418 e. The van der Waals surface area contributed by atoms with Gasteiger partial charge >= 0.3 is 6.18 Å². The fourth-order valence-electron chi connectivity index (χ4n) is 2.55. The first-order valence-electron chi connectivity index (χ1n) is 7.94. The van der Waals surface area contributed by atoms with Gasteiger partial charge in [-0.05, 0) is 19.1 Å². The SMILES string of the molecule is Cc1nc(N)ncc1-c1c(C(F)(F)F)cnc(NS(=O)(=O)c2ccccc2)c1Cl. The zero-order valence-corrected chi connectivity index (χ0v) is 16.3. The van der Waals surface area contributed by atoms with Gasteiger partial charge in [0.15, 0.2) is 5.82 Å². The molecule has 2 heterocycles. The number of aryl methyl sites for hydroxylation is 1. The summed E-state index contributed by atoms with van der Waals surface area (Å²) >= 11 is 6.18. The van der Waals surface area contributed by atoms with Crippen LogP contribution in [0.25, 0.3) is 11.1 Å². The smallest absolute Gasteiger partial charge is 0.368 e. The molecule has 0 spiro atoms. The van der Waals surface area contributed by atoms with E-state index in [1.165, 1.54) is 31.2 Å². The summed E-state index contributed by atoms with van der Waals surface area (Å²) < 4.78 is 67.8. The molecule has 0 atom stereocenters. The highest BCUT2D eigenvalue weighted by Crippen LogP contribution is 2.43. The molecule has 7 nitrogen and oxygen atoms in total. The average Bonchev–Trinajstić information content (AvgIpc) is 2.63. The van der Waals surface area contributed by atoms with Crippen LogP contribution in [0, 0.1) is 6.92 Å². The number of hydrogen-bond donors (Lipinski definition) is 2. The Hall–Kier alpha value is -2.92. The Kier molecular flexibility index (Phi) is 5.37. The number of rotatable bonds is 4. The standard InChI is InChI=1S/C17H13ClF3N5O2S/c1-9-11(7-24-16(22)25-9)13-12(17(19,20)21)8-23-15(14(13)18)26-29(27,28)10-5-3-2-4-6-10/h2-8H,1H3,(H,23,26)(H2,22,24,25). The summed E-state index contributed by atoms with van der Waals surface area (Å²) in [6.07, 6.45) is -3.22. The van der Waals surface area contributed by atoms with Gasteiger partial charge < -0.3 is 5.73 Å². The van der Waals surface area contributed by atoms with Crippen molar-refractivity contribution in [3.8, 4) is 11.1 Å². The summed E-state index contributed by atoms with van der Waals surface area (Å²) in [7, 11) is -4.13. The Morgan fingerprint density at radius 1 is 1.10 bits per heavy atom. The number of nitrogens with one attached hydrogen (secondary N) is 1. The molecule has 0 saturated carbocycles. The second-order valence-corrected chi connectivity index (χ2v) is 7.91. The highest BCUT2D eigenvalue weighted by molar-refractivity contribution is 7.92. The third-order valence-electron chi connectivity index (χ3n) is 3.88. The molecular weight excluding hydrogens is 431 g/mol. The van der Waals surface area contributed by atoms with Crippen LogP contribution in [0.1, 0.15) is 11.3 Å². The van der Waals surface area contributed by atoms with E-state index >= 15 is 0 Å². The molecule has 0 saturated heterocycles. The van der Waals surface area contributed by atoms with Gasteiger partial charge in [0, 0.05) is 23.5 Å². The van der Waals surface area contributed by atoms with Crippen LogP contribution in [0.15, 0.2) is 47.6 Å². The summed E-state index contributed by atoms with van der Waals surface area (Å²) in [6, 6.07) is 7.25. The zero-order chi connectivity index (χ0) is 21.4. The Balaban J connectivity index is 2.19. The molecular formula is C17H13ClF3N5O2S. The third kappa shape index (κ3) is 4.25. The molecule has 3 N–H and O–H groups in total. The minimum Gasteiger partial charge on any atom is -0.368 e. The van der Waals surface area contributed by atoms with Crippen LogP contribution >= 0.6 is 11.6 Å². The van der Waals surface area contributed by atoms with E-state index < -0.39 is 38.2 Å². The van der Waals surface area contributed by atoms with E-state index in [1.54, 1.807) is 6.07 Å². The van der Waals surface area contributed by atoms with Crippen molar-refractivity contribution in [2.75, 3.05) is 10.5 Å². The maximum absolute atomic E-state index is 13.6. The predicted molar refractivity (Wildman–Crippen MR) is 102 cm³/mol. The van der Waals surface area contributed by atoms with E-state index in [-0.39, 0.29) is 22.1 Å². The number of halogens is 4. The van der Waals surface area contributed by atoms with Gasteiger partial charge in [-0.2, -0.15) is 13.2 Å². The van der Waals surface area contributed by atoms with E-state index in [1.807, 2.05) is 0 Å². The Labute approximate surface area is 168 Å². The summed E-state index contributed by atoms with van der Waals surface area (Å²) in [5.41, 5.74) is 3.87. The Bertz CT molecular complexity index is 1170. The summed E-state index contributed by atoms with van der Waals surface area (Å²) in [5, 5.41) is -0.546. The van der Waals surface area contributed by atoms with Crippen molar-refractivity contribution in [1.82, 2.24) is 15.0 Å². The topological polar surface area (TPSA) is 111 Å². The van der Waals surface area contributed by atoms with Crippen molar-refractivity contribution in [2.45, 2.75) is 18.0 Å². The Morgan fingerprint density at radius 3 is 2.34 bits per heavy atom.